The highest BCUT2D eigenvalue weighted by Crippen LogP contribution is 2.32. The number of ketones is 1. The highest BCUT2D eigenvalue weighted by atomic mass is 16.1. The Labute approximate surface area is 188 Å². The van der Waals surface area contributed by atoms with Crippen LogP contribution in [0.2, 0.25) is 0 Å². The lowest BCUT2D eigenvalue weighted by molar-refractivity contribution is -0.118. The molecule has 0 saturated carbocycles. The lowest BCUT2D eigenvalue weighted by atomic mass is 9.89. The third-order valence-corrected chi connectivity index (χ3v) is 6.41. The van der Waals surface area contributed by atoms with E-state index in [1.807, 2.05) is 36.5 Å². The van der Waals surface area contributed by atoms with Crippen LogP contribution in [-0.4, -0.2) is 33.8 Å². The number of hydrogen-bond donors (Lipinski definition) is 1. The summed E-state index contributed by atoms with van der Waals surface area (Å²) in [5.74, 6) is 1.78. The maximum absolute atomic E-state index is 12.4. The molecule has 2 aromatic carbocycles. The third-order valence-electron chi connectivity index (χ3n) is 6.41. The molecule has 2 aromatic heterocycles. The van der Waals surface area contributed by atoms with Crippen molar-refractivity contribution in [2.24, 2.45) is 0 Å². The standard InChI is InChI=1S/C27H28N4O/c32-24(17-20-6-2-1-3-7-20)12-11-21-8-4-9-22(16-21)23-10-5-15-31(18-23)27-25-13-14-28-26(25)29-19-30-27/h1-4,6-9,13-14,16,19,23H,5,10-12,15,17-18H2,(H,28,29,30). The van der Waals surface area contributed by atoms with Gasteiger partial charge in [0.05, 0.1) is 5.39 Å². The molecule has 1 fully saturated rings. The van der Waals surface area contributed by atoms with Crippen molar-refractivity contribution in [2.45, 2.75) is 38.0 Å². The summed E-state index contributed by atoms with van der Waals surface area (Å²) in [7, 11) is 0. The lowest BCUT2D eigenvalue weighted by Crippen LogP contribution is -2.35. The first-order chi connectivity index (χ1) is 15.8. The van der Waals surface area contributed by atoms with Gasteiger partial charge >= 0.3 is 0 Å². The van der Waals surface area contributed by atoms with Gasteiger partial charge in [-0.1, -0.05) is 54.6 Å². The molecule has 0 bridgehead atoms. The molecular weight excluding hydrogens is 396 g/mol. The molecule has 3 heterocycles. The fraction of sp³-hybridized carbons (Fsp3) is 0.296. The van der Waals surface area contributed by atoms with Crippen molar-refractivity contribution in [3.63, 3.8) is 0 Å². The van der Waals surface area contributed by atoms with E-state index in [1.54, 1.807) is 6.33 Å². The largest absolute Gasteiger partial charge is 0.355 e. The van der Waals surface area contributed by atoms with Crippen molar-refractivity contribution in [1.82, 2.24) is 15.0 Å². The Balaban J connectivity index is 1.24. The van der Waals surface area contributed by atoms with E-state index in [0.717, 1.165) is 48.3 Å². The van der Waals surface area contributed by atoms with Crippen LogP contribution in [0.15, 0.2) is 73.2 Å². The summed E-state index contributed by atoms with van der Waals surface area (Å²) in [5.41, 5.74) is 4.59. The first-order valence-electron chi connectivity index (χ1n) is 11.4. The number of H-pyrrole nitrogens is 1. The molecule has 4 aromatic rings. The van der Waals surface area contributed by atoms with Crippen LogP contribution in [0.5, 0.6) is 0 Å². The fourth-order valence-electron chi connectivity index (χ4n) is 4.75. The van der Waals surface area contributed by atoms with Crippen LogP contribution in [0, 0.1) is 0 Å². The number of hydrogen-bond acceptors (Lipinski definition) is 4. The maximum Gasteiger partial charge on any atom is 0.142 e. The highest BCUT2D eigenvalue weighted by Gasteiger charge is 2.24. The van der Waals surface area contributed by atoms with Crippen molar-refractivity contribution in [3.8, 4) is 0 Å². The monoisotopic (exact) mass is 424 g/mol. The highest BCUT2D eigenvalue weighted by molar-refractivity contribution is 5.87. The van der Waals surface area contributed by atoms with Crippen molar-refractivity contribution in [2.75, 3.05) is 18.0 Å². The second kappa shape index (κ2) is 9.35. The van der Waals surface area contributed by atoms with Crippen LogP contribution >= 0.6 is 0 Å². The topological polar surface area (TPSA) is 61.9 Å². The second-order valence-corrected chi connectivity index (χ2v) is 8.67. The minimum Gasteiger partial charge on any atom is -0.355 e. The zero-order valence-electron chi connectivity index (χ0n) is 18.2. The molecule has 1 atom stereocenters. The van der Waals surface area contributed by atoms with Crippen LogP contribution in [0.25, 0.3) is 11.0 Å². The minimum absolute atomic E-state index is 0.296. The number of rotatable bonds is 7. The van der Waals surface area contributed by atoms with E-state index in [2.05, 4.69) is 50.2 Å². The number of carbonyl (C=O) groups is 1. The van der Waals surface area contributed by atoms with Crippen LogP contribution in [0.4, 0.5) is 5.82 Å². The van der Waals surface area contributed by atoms with Crippen LogP contribution < -0.4 is 4.90 Å². The summed E-state index contributed by atoms with van der Waals surface area (Å²) in [6, 6.07) is 20.9. The van der Waals surface area contributed by atoms with Gasteiger partial charge in [-0.05, 0) is 42.0 Å². The SMILES string of the molecule is O=C(CCc1cccc(C2CCCN(c3ncnc4[nH]ccc34)C2)c1)Cc1ccccc1. The summed E-state index contributed by atoms with van der Waals surface area (Å²) < 4.78 is 0. The number of nitrogens with zero attached hydrogens (tertiary/aromatic N) is 3. The molecule has 0 radical (unpaired) electrons. The van der Waals surface area contributed by atoms with E-state index in [9.17, 15) is 4.79 Å². The molecular formula is C27H28N4O. The second-order valence-electron chi connectivity index (χ2n) is 8.67. The lowest BCUT2D eigenvalue weighted by Gasteiger charge is -2.34. The molecule has 1 aliphatic heterocycles. The summed E-state index contributed by atoms with van der Waals surface area (Å²) >= 11 is 0. The van der Waals surface area contributed by atoms with Crippen LogP contribution in [0.3, 0.4) is 0 Å². The van der Waals surface area contributed by atoms with E-state index in [0.29, 0.717) is 24.5 Å². The number of anilines is 1. The average molecular weight is 425 g/mol. The van der Waals surface area contributed by atoms with Crippen LogP contribution in [0.1, 0.15) is 41.9 Å². The number of Topliss-reactive ketones (excluding diaryl/α,β-unsaturated/α-hetero) is 1. The number of aromatic amines is 1. The van der Waals surface area contributed by atoms with Crippen molar-refractivity contribution >= 4 is 22.6 Å². The van der Waals surface area contributed by atoms with Crippen LogP contribution in [-0.2, 0) is 17.6 Å². The van der Waals surface area contributed by atoms with E-state index in [-0.39, 0.29) is 0 Å². The van der Waals surface area contributed by atoms with E-state index in [4.69, 9.17) is 0 Å². The zero-order valence-corrected chi connectivity index (χ0v) is 18.2. The minimum atomic E-state index is 0.296. The number of aromatic nitrogens is 3. The predicted octanol–water partition coefficient (Wildman–Crippen LogP) is 5.09. The first kappa shape index (κ1) is 20.4. The Kier molecular flexibility index (Phi) is 5.97. The van der Waals surface area contributed by atoms with E-state index >= 15 is 0 Å². The number of aryl methyl sites for hydroxylation is 1. The van der Waals surface area contributed by atoms with Gasteiger partial charge in [0.1, 0.15) is 23.6 Å². The molecule has 162 valence electrons. The molecule has 5 heteroatoms. The molecule has 1 unspecified atom stereocenters. The first-order valence-corrected chi connectivity index (χ1v) is 11.4. The fourth-order valence-corrected chi connectivity index (χ4v) is 4.75. The average Bonchev–Trinajstić information content (AvgIpc) is 3.33. The predicted molar refractivity (Wildman–Crippen MR) is 128 cm³/mol. The van der Waals surface area contributed by atoms with Crippen molar-refractivity contribution < 1.29 is 4.79 Å². The van der Waals surface area contributed by atoms with Gasteiger partial charge in [0, 0.05) is 38.0 Å². The Morgan fingerprint density at radius 2 is 1.91 bits per heavy atom. The quantitative estimate of drug-likeness (QED) is 0.449. The van der Waals surface area contributed by atoms with Gasteiger partial charge in [-0.25, -0.2) is 9.97 Å². The van der Waals surface area contributed by atoms with Crippen molar-refractivity contribution in [3.05, 3.63) is 89.9 Å². The van der Waals surface area contributed by atoms with Gasteiger partial charge in [0.15, 0.2) is 0 Å². The summed E-state index contributed by atoms with van der Waals surface area (Å²) in [6.45, 7) is 1.97. The molecule has 5 rings (SSSR count). The maximum atomic E-state index is 12.4. The van der Waals surface area contributed by atoms with E-state index < -0.39 is 0 Å². The Hall–Kier alpha value is -3.47. The molecule has 0 amide bonds. The number of carbonyl (C=O) groups excluding carboxylic acids is 1. The normalized spacial score (nSPS) is 16.4. The summed E-state index contributed by atoms with van der Waals surface area (Å²) in [6.07, 6.45) is 7.78. The Morgan fingerprint density at radius 3 is 2.81 bits per heavy atom. The van der Waals surface area contributed by atoms with Gasteiger partial charge < -0.3 is 9.88 Å². The Bertz CT molecular complexity index is 1200. The molecule has 1 aliphatic rings. The summed E-state index contributed by atoms with van der Waals surface area (Å²) in [5, 5.41) is 1.08. The van der Waals surface area contributed by atoms with Gasteiger partial charge in [-0.3, -0.25) is 4.79 Å². The van der Waals surface area contributed by atoms with Gasteiger partial charge in [-0.2, -0.15) is 0 Å². The number of benzene rings is 2. The van der Waals surface area contributed by atoms with Gasteiger partial charge in [0.2, 0.25) is 0 Å². The Morgan fingerprint density at radius 1 is 1.03 bits per heavy atom. The number of nitrogens with one attached hydrogen (secondary N) is 1. The molecule has 5 nitrogen and oxygen atoms in total. The van der Waals surface area contributed by atoms with Gasteiger partial charge in [0.25, 0.3) is 0 Å². The van der Waals surface area contributed by atoms with Crippen molar-refractivity contribution in [1.29, 1.82) is 0 Å². The third kappa shape index (κ3) is 4.57. The molecule has 0 aliphatic carbocycles. The smallest absolute Gasteiger partial charge is 0.142 e. The summed E-state index contributed by atoms with van der Waals surface area (Å²) in [4.78, 5) is 26.9. The number of piperidine rings is 1. The molecule has 1 saturated heterocycles. The number of fused-ring (bicyclic) bond motifs is 1. The zero-order chi connectivity index (χ0) is 21.8. The van der Waals surface area contributed by atoms with E-state index in [1.165, 1.54) is 17.5 Å². The molecule has 0 spiro atoms. The van der Waals surface area contributed by atoms with Gasteiger partial charge in [-0.15, -0.1) is 0 Å². The molecule has 32 heavy (non-hydrogen) atoms. The molecule has 1 N–H and O–H groups in total.